The van der Waals surface area contributed by atoms with Gasteiger partial charge in [-0.15, -0.1) is 0 Å². The first kappa shape index (κ1) is 8.01. The second kappa shape index (κ2) is 3.12. The molecule has 0 fully saturated rings. The van der Waals surface area contributed by atoms with E-state index in [1.807, 2.05) is 0 Å². The maximum Gasteiger partial charge on any atom is 0.217 e. The number of amides is 1. The average molecular weight is 129 g/mol. The van der Waals surface area contributed by atoms with Gasteiger partial charge >= 0.3 is 0 Å². The van der Waals surface area contributed by atoms with Gasteiger partial charge in [-0.25, -0.2) is 0 Å². The van der Waals surface area contributed by atoms with Crippen LogP contribution in [-0.2, 0) is 4.79 Å². The van der Waals surface area contributed by atoms with Crippen molar-refractivity contribution in [2.45, 2.75) is 19.9 Å². The molecule has 0 saturated heterocycles. The minimum atomic E-state index is -0.345. The van der Waals surface area contributed by atoms with Crippen LogP contribution < -0.4 is 5.32 Å². The van der Waals surface area contributed by atoms with Gasteiger partial charge < -0.3 is 10.4 Å². The number of nitrogens with one attached hydrogen (secondary N) is 1. The molecule has 0 heterocycles. The van der Waals surface area contributed by atoms with Crippen molar-refractivity contribution in [1.29, 1.82) is 0 Å². The van der Waals surface area contributed by atoms with Crippen LogP contribution in [0.25, 0.3) is 0 Å². The highest BCUT2D eigenvalue weighted by Crippen LogP contribution is 1.90. The van der Waals surface area contributed by atoms with Crippen LogP contribution in [0.2, 0.25) is 0 Å². The molecule has 9 heavy (non-hydrogen) atoms. The summed E-state index contributed by atoms with van der Waals surface area (Å²) >= 11 is 0. The van der Waals surface area contributed by atoms with Crippen LogP contribution in [-0.4, -0.2) is 17.1 Å². The Morgan fingerprint density at radius 1 is 1.78 bits per heavy atom. The minimum Gasteiger partial charge on any atom is -0.511 e. The van der Waals surface area contributed by atoms with Gasteiger partial charge in [-0.2, -0.15) is 0 Å². The van der Waals surface area contributed by atoms with Crippen LogP contribution in [0.1, 0.15) is 13.8 Å². The molecule has 0 aliphatic carbocycles. The molecular weight excluding hydrogens is 118 g/mol. The molecule has 3 heteroatoms. The van der Waals surface area contributed by atoms with Gasteiger partial charge in [0.2, 0.25) is 5.91 Å². The topological polar surface area (TPSA) is 49.3 Å². The normalized spacial score (nSPS) is 12.2. The largest absolute Gasteiger partial charge is 0.511 e. The fourth-order valence-electron chi connectivity index (χ4n) is 0.388. The molecule has 0 radical (unpaired) electrons. The second-order valence-electron chi connectivity index (χ2n) is 1.91. The predicted octanol–water partition coefficient (Wildman–Crippen LogP) is 0.583. The third kappa shape index (κ3) is 3.58. The lowest BCUT2D eigenvalue weighted by atomic mass is 10.3. The summed E-state index contributed by atoms with van der Waals surface area (Å²) in [4.78, 5) is 10.3. The van der Waals surface area contributed by atoms with E-state index in [9.17, 15) is 4.79 Å². The summed E-state index contributed by atoms with van der Waals surface area (Å²) in [7, 11) is 0. The molecule has 0 aromatic carbocycles. The molecular formula is C6H11NO2. The van der Waals surface area contributed by atoms with Crippen LogP contribution in [0, 0.1) is 0 Å². The van der Waals surface area contributed by atoms with Gasteiger partial charge in [-0.05, 0) is 6.92 Å². The molecule has 0 aliphatic rings. The molecule has 0 aromatic heterocycles. The van der Waals surface area contributed by atoms with Crippen molar-refractivity contribution >= 4 is 5.91 Å². The van der Waals surface area contributed by atoms with Crippen molar-refractivity contribution in [3.05, 3.63) is 12.3 Å². The monoisotopic (exact) mass is 129 g/mol. The van der Waals surface area contributed by atoms with Gasteiger partial charge in [0.05, 0.1) is 6.04 Å². The van der Waals surface area contributed by atoms with Gasteiger partial charge in [0, 0.05) is 6.92 Å². The summed E-state index contributed by atoms with van der Waals surface area (Å²) in [5.41, 5.74) is 0. The summed E-state index contributed by atoms with van der Waals surface area (Å²) in [6.45, 7) is 6.29. The summed E-state index contributed by atoms with van der Waals surface area (Å²) in [5.74, 6) is -0.192. The number of rotatable bonds is 2. The van der Waals surface area contributed by atoms with Crippen molar-refractivity contribution in [2.75, 3.05) is 0 Å². The summed E-state index contributed by atoms with van der Waals surface area (Å²) in [6.07, 6.45) is 0. The van der Waals surface area contributed by atoms with Gasteiger partial charge in [0.25, 0.3) is 0 Å². The Bertz CT molecular complexity index is 131. The van der Waals surface area contributed by atoms with Crippen LogP contribution >= 0.6 is 0 Å². The highest BCUT2D eigenvalue weighted by molar-refractivity contribution is 5.73. The number of aliphatic hydroxyl groups is 1. The Hall–Kier alpha value is -0.990. The minimum absolute atomic E-state index is 0.0230. The summed E-state index contributed by atoms with van der Waals surface area (Å²) in [5, 5.41) is 11.1. The van der Waals surface area contributed by atoms with Gasteiger partial charge in [0.15, 0.2) is 0 Å². The quantitative estimate of drug-likeness (QED) is 0.536. The first-order valence-electron chi connectivity index (χ1n) is 2.69. The molecule has 52 valence electrons. The number of hydrogen-bond acceptors (Lipinski definition) is 2. The van der Waals surface area contributed by atoms with E-state index in [2.05, 4.69) is 11.9 Å². The maximum absolute atomic E-state index is 10.3. The second-order valence-corrected chi connectivity index (χ2v) is 1.91. The van der Waals surface area contributed by atoms with E-state index in [0.717, 1.165) is 0 Å². The van der Waals surface area contributed by atoms with Gasteiger partial charge in [0.1, 0.15) is 5.76 Å². The Morgan fingerprint density at radius 2 is 2.22 bits per heavy atom. The van der Waals surface area contributed by atoms with Crippen LogP contribution in [0.4, 0.5) is 0 Å². The van der Waals surface area contributed by atoms with Crippen molar-refractivity contribution < 1.29 is 9.90 Å². The Balaban J connectivity index is 3.63. The number of aliphatic hydroxyl groups excluding tert-OH is 1. The molecule has 3 nitrogen and oxygen atoms in total. The molecule has 0 aromatic rings. The zero-order valence-electron chi connectivity index (χ0n) is 5.64. The number of hydrogen-bond donors (Lipinski definition) is 2. The van der Waals surface area contributed by atoms with E-state index >= 15 is 0 Å². The third-order valence-electron chi connectivity index (χ3n) is 0.920. The summed E-state index contributed by atoms with van der Waals surface area (Å²) < 4.78 is 0. The smallest absolute Gasteiger partial charge is 0.217 e. The van der Waals surface area contributed by atoms with Crippen LogP contribution in [0.3, 0.4) is 0 Å². The molecule has 0 bridgehead atoms. The molecule has 0 aliphatic heterocycles. The molecule has 0 spiro atoms. The maximum atomic E-state index is 10.3. The highest BCUT2D eigenvalue weighted by atomic mass is 16.3. The first-order chi connectivity index (χ1) is 4.04. The first-order valence-corrected chi connectivity index (χ1v) is 2.69. The van der Waals surface area contributed by atoms with Gasteiger partial charge in [-0.1, -0.05) is 6.58 Å². The fourth-order valence-corrected chi connectivity index (χ4v) is 0.388. The van der Waals surface area contributed by atoms with Crippen molar-refractivity contribution in [2.24, 2.45) is 0 Å². The van der Waals surface area contributed by atoms with E-state index in [1.54, 1.807) is 6.92 Å². The Kier molecular flexibility index (Phi) is 2.78. The third-order valence-corrected chi connectivity index (χ3v) is 0.920. The molecule has 2 N–H and O–H groups in total. The Labute approximate surface area is 54.4 Å². The van der Waals surface area contributed by atoms with E-state index in [-0.39, 0.29) is 17.7 Å². The molecule has 1 atom stereocenters. The molecule has 1 amide bonds. The lowest BCUT2D eigenvalue weighted by molar-refractivity contribution is -0.119. The van der Waals surface area contributed by atoms with Gasteiger partial charge in [-0.3, -0.25) is 4.79 Å². The lowest BCUT2D eigenvalue weighted by Gasteiger charge is -2.08. The molecule has 1 unspecified atom stereocenters. The predicted molar refractivity (Wildman–Crippen MR) is 35.0 cm³/mol. The lowest BCUT2D eigenvalue weighted by Crippen LogP contribution is -2.31. The van der Waals surface area contributed by atoms with Crippen molar-refractivity contribution in [1.82, 2.24) is 5.32 Å². The Morgan fingerprint density at radius 3 is 2.33 bits per heavy atom. The van der Waals surface area contributed by atoms with E-state index in [0.29, 0.717) is 0 Å². The highest BCUT2D eigenvalue weighted by Gasteiger charge is 2.03. The van der Waals surface area contributed by atoms with Crippen LogP contribution in [0.5, 0.6) is 0 Å². The number of carbonyl (C=O) groups excluding carboxylic acids is 1. The summed E-state index contributed by atoms with van der Waals surface area (Å²) in [6, 6.07) is -0.345. The van der Waals surface area contributed by atoms with Crippen molar-refractivity contribution in [3.63, 3.8) is 0 Å². The SMILES string of the molecule is C=C(O)C(C)NC(C)=O. The van der Waals surface area contributed by atoms with Crippen LogP contribution in [0.15, 0.2) is 12.3 Å². The zero-order chi connectivity index (χ0) is 7.44. The standard InChI is InChI=1S/C6H11NO2/c1-4(5(2)8)7-6(3)9/h4,8H,2H2,1,3H3,(H,7,9). The van der Waals surface area contributed by atoms with E-state index < -0.39 is 0 Å². The van der Waals surface area contributed by atoms with Crippen molar-refractivity contribution in [3.8, 4) is 0 Å². The zero-order valence-corrected chi connectivity index (χ0v) is 5.64. The average Bonchev–Trinajstić information content (AvgIpc) is 1.63. The molecule has 0 saturated carbocycles. The molecule has 0 rings (SSSR count). The fraction of sp³-hybridized carbons (Fsp3) is 0.500. The number of carbonyl (C=O) groups is 1. The van der Waals surface area contributed by atoms with E-state index in [1.165, 1.54) is 6.92 Å². The van der Waals surface area contributed by atoms with E-state index in [4.69, 9.17) is 5.11 Å².